The number of nitrogens with one attached hydrogen (secondary N) is 1. The zero-order valence-corrected chi connectivity index (χ0v) is 17.0. The minimum atomic E-state index is -0.212. The van der Waals surface area contributed by atoms with Crippen LogP contribution in [0.25, 0.3) is 11.4 Å². The van der Waals surface area contributed by atoms with Gasteiger partial charge in [-0.05, 0) is 39.3 Å². The van der Waals surface area contributed by atoms with Crippen molar-refractivity contribution < 1.29 is 9.32 Å². The van der Waals surface area contributed by atoms with Crippen LogP contribution in [0.3, 0.4) is 0 Å². The summed E-state index contributed by atoms with van der Waals surface area (Å²) in [6, 6.07) is 3.57. The molecule has 3 aromatic rings. The van der Waals surface area contributed by atoms with Crippen molar-refractivity contribution in [3.05, 3.63) is 39.1 Å². The molecule has 0 fully saturated rings. The first-order valence-corrected chi connectivity index (χ1v) is 9.88. The predicted octanol–water partition coefficient (Wildman–Crippen LogP) is 2.77. The second-order valence-corrected chi connectivity index (χ2v) is 7.63. The molecule has 0 bridgehead atoms. The Hall–Kier alpha value is -2.88. The molecule has 3 rings (SSSR count). The number of aryl methyl sites for hydroxylation is 3. The standard InChI is InChI=1S/C18H22N6O3S/c1-5-15-21-22-18(28-15)19-13(25)8-9-14-20-16(23-27-14)12-7-6-11(4)24(10(2)3)17(12)26/h6-7,10H,5,8-9H2,1-4H3,(H,19,22,25). The minimum absolute atomic E-state index is 0.0242. The molecule has 0 radical (unpaired) electrons. The molecular formula is C18H22N6O3S. The zero-order chi connectivity index (χ0) is 20.3. The maximum atomic E-state index is 12.7. The van der Waals surface area contributed by atoms with Gasteiger partial charge in [-0.15, -0.1) is 10.2 Å². The third kappa shape index (κ3) is 4.33. The number of carbonyl (C=O) groups is 1. The van der Waals surface area contributed by atoms with Crippen molar-refractivity contribution in [2.24, 2.45) is 0 Å². The van der Waals surface area contributed by atoms with Gasteiger partial charge in [0.1, 0.15) is 5.01 Å². The van der Waals surface area contributed by atoms with E-state index in [2.05, 4.69) is 25.7 Å². The first-order chi connectivity index (χ1) is 13.4. The quantitative estimate of drug-likeness (QED) is 0.646. The molecule has 0 atom stereocenters. The average Bonchev–Trinajstić information content (AvgIpc) is 3.29. The molecule has 0 unspecified atom stereocenters. The summed E-state index contributed by atoms with van der Waals surface area (Å²) in [6.07, 6.45) is 1.20. The first kappa shape index (κ1) is 19.9. The number of hydrogen-bond acceptors (Lipinski definition) is 8. The molecule has 9 nitrogen and oxygen atoms in total. The maximum absolute atomic E-state index is 12.7. The van der Waals surface area contributed by atoms with E-state index >= 15 is 0 Å². The van der Waals surface area contributed by atoms with Gasteiger partial charge in [0.25, 0.3) is 5.56 Å². The second kappa shape index (κ2) is 8.42. The van der Waals surface area contributed by atoms with Gasteiger partial charge in [0.15, 0.2) is 0 Å². The van der Waals surface area contributed by atoms with Crippen molar-refractivity contribution in [1.82, 2.24) is 24.9 Å². The molecule has 0 aliphatic carbocycles. The molecule has 0 aliphatic rings. The number of carbonyl (C=O) groups excluding carboxylic acids is 1. The van der Waals surface area contributed by atoms with E-state index in [9.17, 15) is 9.59 Å². The van der Waals surface area contributed by atoms with E-state index in [1.54, 1.807) is 10.6 Å². The average molecular weight is 402 g/mol. The topological polar surface area (TPSA) is 116 Å². The third-order valence-electron chi connectivity index (χ3n) is 4.13. The Balaban J connectivity index is 1.67. The van der Waals surface area contributed by atoms with Crippen LogP contribution in [-0.2, 0) is 17.6 Å². The fourth-order valence-electron chi connectivity index (χ4n) is 2.77. The Morgan fingerprint density at radius 1 is 1.32 bits per heavy atom. The fraction of sp³-hybridized carbons (Fsp3) is 0.444. The zero-order valence-electron chi connectivity index (χ0n) is 16.2. The number of amides is 1. The van der Waals surface area contributed by atoms with E-state index in [1.807, 2.05) is 33.8 Å². The highest BCUT2D eigenvalue weighted by Gasteiger charge is 2.17. The van der Waals surface area contributed by atoms with Gasteiger partial charge in [-0.3, -0.25) is 9.59 Å². The number of anilines is 1. The Morgan fingerprint density at radius 2 is 2.11 bits per heavy atom. The van der Waals surface area contributed by atoms with Crippen molar-refractivity contribution in [3.8, 4) is 11.4 Å². The lowest BCUT2D eigenvalue weighted by Gasteiger charge is -2.14. The number of nitrogens with zero attached hydrogens (tertiary/aromatic N) is 5. The van der Waals surface area contributed by atoms with Crippen LogP contribution < -0.4 is 10.9 Å². The Morgan fingerprint density at radius 3 is 2.79 bits per heavy atom. The van der Waals surface area contributed by atoms with Crippen LogP contribution >= 0.6 is 11.3 Å². The highest BCUT2D eigenvalue weighted by Crippen LogP contribution is 2.17. The molecule has 28 heavy (non-hydrogen) atoms. The minimum Gasteiger partial charge on any atom is -0.339 e. The van der Waals surface area contributed by atoms with Crippen LogP contribution in [-0.4, -0.2) is 30.8 Å². The van der Waals surface area contributed by atoms with Crippen molar-refractivity contribution in [2.75, 3.05) is 5.32 Å². The Labute approximate surface area is 165 Å². The van der Waals surface area contributed by atoms with Crippen molar-refractivity contribution in [1.29, 1.82) is 0 Å². The molecule has 3 aromatic heterocycles. The van der Waals surface area contributed by atoms with Crippen LogP contribution in [0.5, 0.6) is 0 Å². The van der Waals surface area contributed by atoms with Gasteiger partial charge in [0.05, 0.1) is 5.56 Å². The highest BCUT2D eigenvalue weighted by atomic mass is 32.1. The molecule has 1 N–H and O–H groups in total. The first-order valence-electron chi connectivity index (χ1n) is 9.06. The maximum Gasteiger partial charge on any atom is 0.262 e. The summed E-state index contributed by atoms with van der Waals surface area (Å²) >= 11 is 1.35. The summed E-state index contributed by atoms with van der Waals surface area (Å²) in [4.78, 5) is 29.0. The molecule has 10 heteroatoms. The summed E-state index contributed by atoms with van der Waals surface area (Å²) in [7, 11) is 0. The van der Waals surface area contributed by atoms with Gasteiger partial charge in [0, 0.05) is 24.6 Å². The molecule has 0 saturated heterocycles. The van der Waals surface area contributed by atoms with Crippen LogP contribution in [0.2, 0.25) is 0 Å². The van der Waals surface area contributed by atoms with Crippen molar-refractivity contribution in [2.45, 2.75) is 53.0 Å². The number of rotatable bonds is 7. The lowest BCUT2D eigenvalue weighted by molar-refractivity contribution is -0.116. The van der Waals surface area contributed by atoms with E-state index in [-0.39, 0.29) is 36.2 Å². The lowest BCUT2D eigenvalue weighted by atomic mass is 10.2. The lowest BCUT2D eigenvalue weighted by Crippen LogP contribution is -2.25. The number of aromatic nitrogens is 5. The monoisotopic (exact) mass is 402 g/mol. The molecule has 148 valence electrons. The van der Waals surface area contributed by atoms with Crippen molar-refractivity contribution >= 4 is 22.4 Å². The summed E-state index contributed by atoms with van der Waals surface area (Å²) in [6.45, 7) is 7.75. The second-order valence-electron chi connectivity index (χ2n) is 6.57. The smallest absolute Gasteiger partial charge is 0.262 e. The van der Waals surface area contributed by atoms with Gasteiger partial charge in [-0.2, -0.15) is 4.98 Å². The van der Waals surface area contributed by atoms with E-state index in [4.69, 9.17) is 4.52 Å². The molecule has 1 amide bonds. The van der Waals surface area contributed by atoms with Gasteiger partial charge in [-0.25, -0.2) is 0 Å². The van der Waals surface area contributed by atoms with Crippen LogP contribution in [0.15, 0.2) is 21.5 Å². The normalized spacial score (nSPS) is 11.2. The van der Waals surface area contributed by atoms with Crippen molar-refractivity contribution in [3.63, 3.8) is 0 Å². The Kier molecular flexibility index (Phi) is 5.98. The molecule has 3 heterocycles. The van der Waals surface area contributed by atoms with Crippen LogP contribution in [0.1, 0.15) is 49.8 Å². The van der Waals surface area contributed by atoms with Crippen LogP contribution in [0.4, 0.5) is 5.13 Å². The summed E-state index contributed by atoms with van der Waals surface area (Å²) in [5.74, 6) is 0.315. The summed E-state index contributed by atoms with van der Waals surface area (Å²) < 4.78 is 6.90. The predicted molar refractivity (Wildman–Crippen MR) is 105 cm³/mol. The highest BCUT2D eigenvalue weighted by molar-refractivity contribution is 7.15. The molecule has 0 spiro atoms. The van der Waals surface area contributed by atoms with E-state index < -0.39 is 0 Å². The van der Waals surface area contributed by atoms with Gasteiger partial charge in [0.2, 0.25) is 22.8 Å². The molecule has 0 aromatic carbocycles. The molecular weight excluding hydrogens is 380 g/mol. The number of pyridine rings is 1. The number of hydrogen-bond donors (Lipinski definition) is 1. The van der Waals surface area contributed by atoms with E-state index in [1.165, 1.54) is 11.3 Å². The summed E-state index contributed by atoms with van der Waals surface area (Å²) in [5, 5.41) is 15.8. The van der Waals surface area contributed by atoms with E-state index in [0.717, 1.165) is 17.1 Å². The van der Waals surface area contributed by atoms with Gasteiger partial charge in [-0.1, -0.05) is 23.4 Å². The largest absolute Gasteiger partial charge is 0.339 e. The Bertz CT molecular complexity index is 1040. The van der Waals surface area contributed by atoms with Crippen LogP contribution in [0, 0.1) is 6.92 Å². The van der Waals surface area contributed by atoms with Gasteiger partial charge >= 0.3 is 0 Å². The summed E-state index contributed by atoms with van der Waals surface area (Å²) in [5.41, 5.74) is 1.08. The van der Waals surface area contributed by atoms with E-state index in [0.29, 0.717) is 16.6 Å². The van der Waals surface area contributed by atoms with Gasteiger partial charge < -0.3 is 14.4 Å². The third-order valence-corrected chi connectivity index (χ3v) is 5.11. The molecule has 0 aliphatic heterocycles. The fourth-order valence-corrected chi connectivity index (χ4v) is 3.47. The molecule has 0 saturated carbocycles. The SMILES string of the molecule is CCc1nnc(NC(=O)CCc2nc(-c3ccc(C)n(C(C)C)c3=O)no2)s1.